The Balaban J connectivity index is 1.45. The predicted octanol–water partition coefficient (Wildman–Crippen LogP) is 3.34. The molecule has 2 aromatic carbocycles. The van der Waals surface area contributed by atoms with Crippen LogP contribution in [0.1, 0.15) is 23.1 Å². The van der Waals surface area contributed by atoms with E-state index in [1.54, 1.807) is 6.07 Å². The molecule has 1 aliphatic rings. The molecular formula is C18H18N2O. The van der Waals surface area contributed by atoms with E-state index < -0.39 is 0 Å². The number of hydrogen-bond donors (Lipinski definition) is 0. The van der Waals surface area contributed by atoms with Crippen molar-refractivity contribution in [2.75, 3.05) is 13.2 Å². The summed E-state index contributed by atoms with van der Waals surface area (Å²) in [6.45, 7) is 3.73. The van der Waals surface area contributed by atoms with Gasteiger partial charge in [0.25, 0.3) is 0 Å². The minimum Gasteiger partial charge on any atom is -0.492 e. The predicted molar refractivity (Wildman–Crippen MR) is 81.8 cm³/mol. The highest BCUT2D eigenvalue weighted by Gasteiger charge is 2.17. The number of para-hydroxylation sites is 1. The first-order chi connectivity index (χ1) is 10.4. The average molecular weight is 278 g/mol. The van der Waals surface area contributed by atoms with Gasteiger partial charge in [-0.2, -0.15) is 5.26 Å². The third-order valence-electron chi connectivity index (χ3n) is 3.79. The molecule has 0 unspecified atom stereocenters. The molecule has 0 spiro atoms. The molecule has 106 valence electrons. The number of nitriles is 1. The lowest BCUT2D eigenvalue weighted by molar-refractivity contribution is 0.237. The number of fused-ring (bicyclic) bond motifs is 1. The van der Waals surface area contributed by atoms with Crippen molar-refractivity contribution in [3.05, 3.63) is 65.2 Å². The average Bonchev–Trinajstić information content (AvgIpc) is 2.94. The second-order valence-corrected chi connectivity index (χ2v) is 5.29. The lowest BCUT2D eigenvalue weighted by atomic mass is 10.1. The van der Waals surface area contributed by atoms with E-state index >= 15 is 0 Å². The minimum atomic E-state index is 0.603. The number of hydrogen-bond acceptors (Lipinski definition) is 3. The number of nitrogens with zero attached hydrogens (tertiary/aromatic N) is 2. The van der Waals surface area contributed by atoms with Crippen molar-refractivity contribution in [3.63, 3.8) is 0 Å². The topological polar surface area (TPSA) is 36.3 Å². The zero-order chi connectivity index (χ0) is 14.5. The Morgan fingerprint density at radius 2 is 1.67 bits per heavy atom. The molecule has 0 aliphatic carbocycles. The monoisotopic (exact) mass is 278 g/mol. The Kier molecular flexibility index (Phi) is 4.18. The number of ether oxygens (including phenoxy) is 1. The van der Waals surface area contributed by atoms with Crippen molar-refractivity contribution in [1.29, 1.82) is 5.26 Å². The quantitative estimate of drug-likeness (QED) is 0.787. The fourth-order valence-electron chi connectivity index (χ4n) is 2.72. The Morgan fingerprint density at radius 1 is 1.00 bits per heavy atom. The van der Waals surface area contributed by atoms with E-state index in [1.165, 1.54) is 11.1 Å². The van der Waals surface area contributed by atoms with Gasteiger partial charge in [-0.15, -0.1) is 0 Å². The van der Waals surface area contributed by atoms with Crippen LogP contribution in [0.3, 0.4) is 0 Å². The molecule has 0 aromatic heterocycles. The molecule has 1 aliphatic heterocycles. The van der Waals surface area contributed by atoms with Crippen LogP contribution in [0.15, 0.2) is 48.5 Å². The highest BCUT2D eigenvalue weighted by Crippen LogP contribution is 2.22. The van der Waals surface area contributed by atoms with Crippen molar-refractivity contribution in [2.45, 2.75) is 19.5 Å². The molecule has 1 heterocycles. The van der Waals surface area contributed by atoms with Gasteiger partial charge in [-0.05, 0) is 29.7 Å². The molecule has 0 bridgehead atoms. The largest absolute Gasteiger partial charge is 0.492 e. The fraction of sp³-hybridized carbons (Fsp3) is 0.278. The third kappa shape index (κ3) is 3.24. The van der Waals surface area contributed by atoms with Crippen LogP contribution in [-0.4, -0.2) is 18.1 Å². The standard InChI is InChI=1S/C18H18N2O/c19-12-15-6-3-4-9-18(15)21-11-5-10-20-13-16-7-1-2-8-17(16)14-20/h1-4,6-9H,5,10-11,13-14H2. The van der Waals surface area contributed by atoms with E-state index in [1.807, 2.05) is 18.2 Å². The van der Waals surface area contributed by atoms with E-state index in [9.17, 15) is 0 Å². The van der Waals surface area contributed by atoms with Crippen LogP contribution in [0.2, 0.25) is 0 Å². The van der Waals surface area contributed by atoms with Crippen LogP contribution in [0.25, 0.3) is 0 Å². The van der Waals surface area contributed by atoms with E-state index in [4.69, 9.17) is 10.00 Å². The summed E-state index contributed by atoms with van der Waals surface area (Å²) in [6, 6.07) is 18.1. The second-order valence-electron chi connectivity index (χ2n) is 5.29. The first-order valence-electron chi connectivity index (χ1n) is 7.28. The summed E-state index contributed by atoms with van der Waals surface area (Å²) in [4.78, 5) is 2.43. The first kappa shape index (κ1) is 13.7. The molecule has 21 heavy (non-hydrogen) atoms. The van der Waals surface area contributed by atoms with Gasteiger partial charge >= 0.3 is 0 Å². The molecule has 0 radical (unpaired) electrons. The van der Waals surface area contributed by atoms with Crippen LogP contribution in [0.4, 0.5) is 0 Å². The van der Waals surface area contributed by atoms with Crippen LogP contribution >= 0.6 is 0 Å². The van der Waals surface area contributed by atoms with Crippen LogP contribution in [0.5, 0.6) is 5.75 Å². The smallest absolute Gasteiger partial charge is 0.137 e. The van der Waals surface area contributed by atoms with E-state index in [-0.39, 0.29) is 0 Å². The molecule has 0 amide bonds. The lowest BCUT2D eigenvalue weighted by Crippen LogP contribution is -2.19. The van der Waals surface area contributed by atoms with Crippen molar-refractivity contribution in [1.82, 2.24) is 4.90 Å². The molecule has 3 heteroatoms. The molecular weight excluding hydrogens is 260 g/mol. The van der Waals surface area contributed by atoms with Gasteiger partial charge in [0.2, 0.25) is 0 Å². The van der Waals surface area contributed by atoms with Gasteiger partial charge in [0.15, 0.2) is 0 Å². The summed E-state index contributed by atoms with van der Waals surface area (Å²) in [5.41, 5.74) is 3.48. The maximum Gasteiger partial charge on any atom is 0.137 e. The van der Waals surface area contributed by atoms with Crippen LogP contribution in [-0.2, 0) is 13.1 Å². The Bertz CT molecular complexity index is 635. The van der Waals surface area contributed by atoms with Gasteiger partial charge in [0.05, 0.1) is 12.2 Å². The molecule has 0 saturated heterocycles. The molecule has 0 atom stereocenters. The number of rotatable bonds is 5. The highest BCUT2D eigenvalue weighted by atomic mass is 16.5. The van der Waals surface area contributed by atoms with Crippen LogP contribution < -0.4 is 4.74 Å². The zero-order valence-electron chi connectivity index (χ0n) is 12.0. The van der Waals surface area contributed by atoms with Crippen molar-refractivity contribution >= 4 is 0 Å². The summed E-state index contributed by atoms with van der Waals surface area (Å²) in [6.07, 6.45) is 0.966. The molecule has 0 fully saturated rings. The van der Waals surface area contributed by atoms with Gasteiger partial charge in [0, 0.05) is 19.6 Å². The van der Waals surface area contributed by atoms with E-state index in [0.29, 0.717) is 17.9 Å². The van der Waals surface area contributed by atoms with Crippen LogP contribution in [0, 0.1) is 11.3 Å². The highest BCUT2D eigenvalue weighted by molar-refractivity contribution is 5.42. The second kappa shape index (κ2) is 6.43. The Morgan fingerprint density at radius 3 is 2.38 bits per heavy atom. The fourth-order valence-corrected chi connectivity index (χ4v) is 2.72. The maximum absolute atomic E-state index is 9.01. The Labute approximate surface area is 125 Å². The normalized spacial score (nSPS) is 13.7. The maximum atomic E-state index is 9.01. The van der Waals surface area contributed by atoms with Gasteiger partial charge in [0.1, 0.15) is 11.8 Å². The third-order valence-corrected chi connectivity index (χ3v) is 3.79. The molecule has 3 nitrogen and oxygen atoms in total. The summed E-state index contributed by atoms with van der Waals surface area (Å²) in [5.74, 6) is 0.685. The Hall–Kier alpha value is -2.31. The summed E-state index contributed by atoms with van der Waals surface area (Å²) < 4.78 is 5.72. The molecule has 2 aromatic rings. The van der Waals surface area contributed by atoms with Crippen molar-refractivity contribution in [2.24, 2.45) is 0 Å². The van der Waals surface area contributed by atoms with Crippen molar-refractivity contribution in [3.8, 4) is 11.8 Å². The summed E-state index contributed by atoms with van der Waals surface area (Å²) in [5, 5.41) is 9.01. The van der Waals surface area contributed by atoms with Gasteiger partial charge in [-0.1, -0.05) is 36.4 Å². The lowest BCUT2D eigenvalue weighted by Gasteiger charge is -2.15. The summed E-state index contributed by atoms with van der Waals surface area (Å²) in [7, 11) is 0. The van der Waals surface area contributed by atoms with Gasteiger partial charge in [-0.25, -0.2) is 0 Å². The molecule has 3 rings (SSSR count). The first-order valence-corrected chi connectivity index (χ1v) is 7.28. The van der Waals surface area contributed by atoms with E-state index in [2.05, 4.69) is 35.2 Å². The molecule has 0 N–H and O–H groups in total. The zero-order valence-corrected chi connectivity index (χ0v) is 12.0. The van der Waals surface area contributed by atoms with Gasteiger partial charge < -0.3 is 4.74 Å². The minimum absolute atomic E-state index is 0.603. The SMILES string of the molecule is N#Cc1ccccc1OCCCN1Cc2ccccc2C1. The van der Waals surface area contributed by atoms with E-state index in [0.717, 1.165) is 26.1 Å². The molecule has 0 saturated carbocycles. The van der Waals surface area contributed by atoms with Crippen molar-refractivity contribution < 1.29 is 4.74 Å². The summed E-state index contributed by atoms with van der Waals surface area (Å²) >= 11 is 0. The number of benzene rings is 2. The van der Waals surface area contributed by atoms with Gasteiger partial charge in [-0.3, -0.25) is 4.90 Å².